The van der Waals surface area contributed by atoms with E-state index >= 15 is 0 Å². The van der Waals surface area contributed by atoms with Gasteiger partial charge in [0.1, 0.15) is 5.82 Å². The van der Waals surface area contributed by atoms with Crippen LogP contribution in [0.2, 0.25) is 0 Å². The molecule has 0 spiro atoms. The van der Waals surface area contributed by atoms with Crippen LogP contribution in [0.4, 0.5) is 5.82 Å². The van der Waals surface area contributed by atoms with Crippen LogP contribution in [-0.2, 0) is 5.54 Å². The number of rotatable bonds is 4. The fourth-order valence-corrected chi connectivity index (χ4v) is 5.17. The Morgan fingerprint density at radius 3 is 2.55 bits per heavy atom. The summed E-state index contributed by atoms with van der Waals surface area (Å²) in [5.41, 5.74) is 7.52. The second-order valence-corrected chi connectivity index (χ2v) is 9.40. The number of nitrogens with two attached hydrogens (primary N) is 1. The summed E-state index contributed by atoms with van der Waals surface area (Å²) in [4.78, 5) is 29.0. The highest BCUT2D eigenvalue weighted by molar-refractivity contribution is 5.53. The van der Waals surface area contributed by atoms with Crippen molar-refractivity contribution in [3.05, 3.63) is 61.8 Å². The summed E-state index contributed by atoms with van der Waals surface area (Å²) in [6.07, 6.45) is 3.34. The van der Waals surface area contributed by atoms with Gasteiger partial charge in [0.05, 0.1) is 17.2 Å². The fraction of sp³-hybridized carbons (Fsp3) is 0.542. The Morgan fingerprint density at radius 1 is 1.23 bits per heavy atom. The van der Waals surface area contributed by atoms with Crippen LogP contribution in [0.3, 0.4) is 0 Å². The van der Waals surface area contributed by atoms with Crippen LogP contribution in [-0.4, -0.2) is 27.8 Å². The molecule has 0 bridgehead atoms. The van der Waals surface area contributed by atoms with E-state index in [9.17, 15) is 14.9 Å². The maximum Gasteiger partial charge on any atom is 0.333 e. The van der Waals surface area contributed by atoms with Crippen molar-refractivity contribution in [1.29, 1.82) is 5.26 Å². The van der Waals surface area contributed by atoms with Gasteiger partial charge in [0.2, 0.25) is 0 Å². The third-order valence-corrected chi connectivity index (χ3v) is 6.86. The Bertz CT molecular complexity index is 1170. The van der Waals surface area contributed by atoms with E-state index in [2.05, 4.69) is 17.9 Å². The largest absolute Gasteiger partial charge is 0.353 e. The zero-order valence-electron chi connectivity index (χ0n) is 18.8. The molecule has 2 fully saturated rings. The molecular weight excluding hydrogens is 390 g/mol. The maximum absolute atomic E-state index is 13.8. The summed E-state index contributed by atoms with van der Waals surface area (Å²) >= 11 is 0. The molecule has 7 nitrogen and oxygen atoms in total. The van der Waals surface area contributed by atoms with Crippen molar-refractivity contribution >= 4 is 5.82 Å². The molecule has 1 aromatic carbocycles. The number of anilines is 1. The molecule has 2 aromatic rings. The smallest absolute Gasteiger partial charge is 0.333 e. The maximum atomic E-state index is 13.8. The molecular formula is C24H31N5O2. The van der Waals surface area contributed by atoms with E-state index in [1.807, 2.05) is 39.0 Å². The van der Waals surface area contributed by atoms with Crippen LogP contribution in [0, 0.1) is 18.3 Å². The zero-order chi connectivity index (χ0) is 22.5. The van der Waals surface area contributed by atoms with Gasteiger partial charge >= 0.3 is 5.69 Å². The minimum atomic E-state index is -0.617. The van der Waals surface area contributed by atoms with E-state index in [-0.39, 0.29) is 29.4 Å². The van der Waals surface area contributed by atoms with Gasteiger partial charge < -0.3 is 10.6 Å². The Balaban J connectivity index is 2.04. The average Bonchev–Trinajstić information content (AvgIpc) is 3.49. The molecule has 1 aliphatic heterocycles. The molecule has 1 saturated carbocycles. The van der Waals surface area contributed by atoms with Gasteiger partial charge in [-0.1, -0.05) is 12.1 Å². The highest BCUT2D eigenvalue weighted by Gasteiger charge is 2.51. The van der Waals surface area contributed by atoms with Gasteiger partial charge in [-0.3, -0.25) is 13.9 Å². The van der Waals surface area contributed by atoms with Crippen molar-refractivity contribution in [2.75, 3.05) is 11.4 Å². The Morgan fingerprint density at radius 2 is 1.94 bits per heavy atom. The van der Waals surface area contributed by atoms with Gasteiger partial charge in [-0.05, 0) is 70.6 Å². The molecule has 0 amide bonds. The van der Waals surface area contributed by atoms with Crippen LogP contribution in [0.15, 0.2) is 33.9 Å². The second kappa shape index (κ2) is 7.69. The predicted octanol–water partition coefficient (Wildman–Crippen LogP) is 2.62. The molecule has 2 heterocycles. The monoisotopic (exact) mass is 421 g/mol. The minimum absolute atomic E-state index is 0.00411. The predicted molar refractivity (Wildman–Crippen MR) is 122 cm³/mol. The Hall–Kier alpha value is -2.85. The molecule has 7 heteroatoms. The number of aromatic nitrogens is 2. The first-order chi connectivity index (χ1) is 14.7. The van der Waals surface area contributed by atoms with E-state index in [0.717, 1.165) is 36.8 Å². The topological polar surface area (TPSA) is 97.1 Å². The van der Waals surface area contributed by atoms with E-state index in [1.54, 1.807) is 10.6 Å². The van der Waals surface area contributed by atoms with E-state index < -0.39 is 5.54 Å². The lowest BCUT2D eigenvalue weighted by Gasteiger charge is -2.41. The molecule has 4 rings (SSSR count). The van der Waals surface area contributed by atoms with E-state index in [0.29, 0.717) is 17.9 Å². The van der Waals surface area contributed by atoms with Gasteiger partial charge in [0.25, 0.3) is 5.56 Å². The molecule has 1 aliphatic carbocycles. The first kappa shape index (κ1) is 21.4. The summed E-state index contributed by atoms with van der Waals surface area (Å²) in [7, 11) is 0. The summed E-state index contributed by atoms with van der Waals surface area (Å²) in [5.74, 6) is 0.624. The normalized spacial score (nSPS) is 22.4. The molecule has 2 atom stereocenters. The number of hydrogen-bond donors (Lipinski definition) is 1. The molecule has 31 heavy (non-hydrogen) atoms. The van der Waals surface area contributed by atoms with Crippen molar-refractivity contribution in [1.82, 2.24) is 9.13 Å². The standard InChI is InChI=1S/C24H31N5O2/c1-15(2)28-21(30)12-20(27-14-19(26)9-8-17(27)4)29(23(28)31)24(10-11-24)22-16(3)6-5-7-18(22)13-25/h5-7,12,15,17,19H,8-11,14,26H2,1-4H3/t17?,19-/m1/s1. The number of hydrogen-bond acceptors (Lipinski definition) is 5. The van der Waals surface area contributed by atoms with Crippen molar-refractivity contribution in [2.45, 2.75) is 77.0 Å². The number of benzene rings is 1. The number of nitriles is 1. The molecule has 1 unspecified atom stereocenters. The van der Waals surface area contributed by atoms with Gasteiger partial charge in [-0.2, -0.15) is 5.26 Å². The molecule has 2 N–H and O–H groups in total. The Kier molecular flexibility index (Phi) is 5.30. The first-order valence-electron chi connectivity index (χ1n) is 11.1. The third-order valence-electron chi connectivity index (χ3n) is 6.86. The molecule has 0 radical (unpaired) electrons. The van der Waals surface area contributed by atoms with Crippen molar-refractivity contribution in [3.8, 4) is 6.07 Å². The third kappa shape index (κ3) is 3.39. The highest BCUT2D eigenvalue weighted by atomic mass is 16.2. The first-order valence-corrected chi connectivity index (χ1v) is 11.1. The van der Waals surface area contributed by atoms with Crippen LogP contribution in [0.5, 0.6) is 0 Å². The van der Waals surface area contributed by atoms with Gasteiger partial charge in [0, 0.05) is 30.7 Å². The van der Waals surface area contributed by atoms with Crippen LogP contribution in [0.1, 0.15) is 69.2 Å². The summed E-state index contributed by atoms with van der Waals surface area (Å²) in [5, 5.41) is 9.81. The molecule has 2 aliphatic rings. The fourth-order valence-electron chi connectivity index (χ4n) is 5.17. The molecule has 164 valence electrons. The van der Waals surface area contributed by atoms with E-state index in [4.69, 9.17) is 5.73 Å². The van der Waals surface area contributed by atoms with Crippen LogP contribution < -0.4 is 21.9 Å². The summed E-state index contributed by atoms with van der Waals surface area (Å²) < 4.78 is 3.12. The lowest BCUT2D eigenvalue weighted by atomic mass is 9.93. The zero-order valence-corrected chi connectivity index (χ0v) is 18.8. The summed E-state index contributed by atoms with van der Waals surface area (Å²) in [6.45, 7) is 8.39. The van der Waals surface area contributed by atoms with Crippen LogP contribution in [0.25, 0.3) is 0 Å². The van der Waals surface area contributed by atoms with E-state index in [1.165, 1.54) is 4.57 Å². The highest BCUT2D eigenvalue weighted by Crippen LogP contribution is 2.52. The van der Waals surface area contributed by atoms with Crippen molar-refractivity contribution in [3.63, 3.8) is 0 Å². The van der Waals surface area contributed by atoms with Crippen LogP contribution >= 0.6 is 0 Å². The number of aryl methyl sites for hydroxylation is 1. The Labute approximate surface area is 182 Å². The lowest BCUT2D eigenvalue weighted by molar-refractivity contribution is 0.406. The van der Waals surface area contributed by atoms with Crippen molar-refractivity contribution < 1.29 is 0 Å². The van der Waals surface area contributed by atoms with Gasteiger partial charge in [-0.25, -0.2) is 4.79 Å². The molecule has 1 saturated heterocycles. The second-order valence-electron chi connectivity index (χ2n) is 9.40. The number of nitrogens with zero attached hydrogens (tertiary/aromatic N) is 4. The van der Waals surface area contributed by atoms with Crippen molar-refractivity contribution in [2.24, 2.45) is 5.73 Å². The number of piperidine rings is 1. The molecule has 1 aromatic heterocycles. The van der Waals surface area contributed by atoms with Gasteiger partial charge in [0.15, 0.2) is 0 Å². The quantitative estimate of drug-likeness (QED) is 0.818. The lowest BCUT2D eigenvalue weighted by Crippen LogP contribution is -2.53. The SMILES string of the molecule is Cc1cccc(C#N)c1C1(n2c(N3C[C@H](N)CCC3C)cc(=O)n(C(C)C)c2=O)CC1. The minimum Gasteiger partial charge on any atom is -0.353 e. The average molecular weight is 422 g/mol. The van der Waals surface area contributed by atoms with Gasteiger partial charge in [-0.15, -0.1) is 0 Å². The summed E-state index contributed by atoms with van der Waals surface area (Å²) in [6, 6.07) is 9.49.